The van der Waals surface area contributed by atoms with Crippen LogP contribution in [0.3, 0.4) is 0 Å². The molecule has 1 aromatic heterocycles. The molecule has 18 heavy (non-hydrogen) atoms. The molecule has 2 heterocycles. The zero-order valence-corrected chi connectivity index (χ0v) is 11.8. The summed E-state index contributed by atoms with van der Waals surface area (Å²) in [5.41, 5.74) is 3.47. The number of hydrogen-bond acceptors (Lipinski definition) is 2. The van der Waals surface area contributed by atoms with Crippen LogP contribution < -0.4 is 0 Å². The van der Waals surface area contributed by atoms with E-state index in [0.717, 1.165) is 34.7 Å². The first-order valence-corrected chi connectivity index (χ1v) is 6.94. The Balaban J connectivity index is 2.11. The SMILES string of the molecule is Cc1cccc(-c2nc(Br)c3n2CCC(O)C3)c1. The maximum absolute atomic E-state index is 9.74. The summed E-state index contributed by atoms with van der Waals surface area (Å²) in [5.74, 6) is 0.993. The van der Waals surface area contributed by atoms with Crippen LogP contribution in [0.25, 0.3) is 11.4 Å². The molecule has 0 bridgehead atoms. The minimum atomic E-state index is -0.240. The normalized spacial score (nSPS) is 18.7. The summed E-state index contributed by atoms with van der Waals surface area (Å²) in [5, 5.41) is 9.74. The highest BCUT2D eigenvalue weighted by Crippen LogP contribution is 2.30. The molecule has 3 nitrogen and oxygen atoms in total. The number of aliphatic hydroxyl groups excluding tert-OH is 1. The zero-order chi connectivity index (χ0) is 12.7. The van der Waals surface area contributed by atoms with Crippen LogP contribution in [0.1, 0.15) is 17.7 Å². The fourth-order valence-corrected chi connectivity index (χ4v) is 3.04. The molecule has 0 fully saturated rings. The molecule has 0 saturated heterocycles. The van der Waals surface area contributed by atoms with Crippen LogP contribution in [0, 0.1) is 6.92 Å². The first kappa shape index (κ1) is 11.9. The molecule has 1 atom stereocenters. The summed E-state index contributed by atoms with van der Waals surface area (Å²) in [6.45, 7) is 2.92. The quantitative estimate of drug-likeness (QED) is 0.879. The Kier molecular flexibility index (Phi) is 2.99. The smallest absolute Gasteiger partial charge is 0.141 e. The van der Waals surface area contributed by atoms with Crippen LogP contribution >= 0.6 is 15.9 Å². The number of aromatic nitrogens is 2. The lowest BCUT2D eigenvalue weighted by molar-refractivity contribution is 0.143. The summed E-state index contributed by atoms with van der Waals surface area (Å²) in [7, 11) is 0. The molecular formula is C14H15BrN2O. The summed E-state index contributed by atoms with van der Waals surface area (Å²) in [6, 6.07) is 8.37. The molecule has 0 radical (unpaired) electrons. The number of benzene rings is 1. The van der Waals surface area contributed by atoms with E-state index in [0.29, 0.717) is 6.42 Å². The monoisotopic (exact) mass is 306 g/mol. The largest absolute Gasteiger partial charge is 0.393 e. The minimum absolute atomic E-state index is 0.240. The molecule has 1 aliphatic heterocycles. The van der Waals surface area contributed by atoms with Crippen LogP contribution in [0.5, 0.6) is 0 Å². The fourth-order valence-electron chi connectivity index (χ4n) is 2.50. The van der Waals surface area contributed by atoms with E-state index in [1.165, 1.54) is 5.56 Å². The summed E-state index contributed by atoms with van der Waals surface area (Å²) < 4.78 is 3.07. The highest BCUT2D eigenvalue weighted by atomic mass is 79.9. The van der Waals surface area contributed by atoms with Crippen LogP contribution in [-0.2, 0) is 13.0 Å². The van der Waals surface area contributed by atoms with Crippen molar-refractivity contribution < 1.29 is 5.11 Å². The van der Waals surface area contributed by atoms with Crippen molar-refractivity contribution in [1.82, 2.24) is 9.55 Å². The minimum Gasteiger partial charge on any atom is -0.393 e. The Morgan fingerprint density at radius 1 is 1.44 bits per heavy atom. The van der Waals surface area contributed by atoms with E-state index in [1.807, 2.05) is 0 Å². The zero-order valence-electron chi connectivity index (χ0n) is 10.2. The van der Waals surface area contributed by atoms with Crippen molar-refractivity contribution in [3.8, 4) is 11.4 Å². The van der Waals surface area contributed by atoms with Gasteiger partial charge in [-0.05, 0) is 35.3 Å². The van der Waals surface area contributed by atoms with E-state index < -0.39 is 0 Å². The Morgan fingerprint density at radius 2 is 2.28 bits per heavy atom. The van der Waals surface area contributed by atoms with E-state index in [-0.39, 0.29) is 6.10 Å². The van der Waals surface area contributed by atoms with Crippen molar-refractivity contribution in [3.05, 3.63) is 40.1 Å². The standard InChI is InChI=1S/C14H15BrN2O/c1-9-3-2-4-10(7-9)14-16-13(15)12-8-11(18)5-6-17(12)14/h2-4,7,11,18H,5-6,8H2,1H3. The molecule has 0 amide bonds. The van der Waals surface area contributed by atoms with Gasteiger partial charge in [-0.1, -0.05) is 23.8 Å². The Labute approximate surface area is 115 Å². The average molecular weight is 307 g/mol. The maximum atomic E-state index is 9.74. The van der Waals surface area contributed by atoms with Gasteiger partial charge in [-0.15, -0.1) is 0 Å². The van der Waals surface area contributed by atoms with Crippen molar-refractivity contribution in [1.29, 1.82) is 0 Å². The van der Waals surface area contributed by atoms with Gasteiger partial charge >= 0.3 is 0 Å². The van der Waals surface area contributed by atoms with E-state index in [9.17, 15) is 5.11 Å². The predicted octanol–water partition coefficient (Wildman–Crippen LogP) is 2.93. The number of aliphatic hydroxyl groups is 1. The third-order valence-electron chi connectivity index (χ3n) is 3.41. The second-order valence-electron chi connectivity index (χ2n) is 4.84. The van der Waals surface area contributed by atoms with Crippen LogP contribution in [0.15, 0.2) is 28.9 Å². The van der Waals surface area contributed by atoms with Crippen molar-refractivity contribution in [2.45, 2.75) is 32.4 Å². The molecule has 1 unspecified atom stereocenters. The highest BCUT2D eigenvalue weighted by molar-refractivity contribution is 9.10. The van der Waals surface area contributed by atoms with E-state index >= 15 is 0 Å². The third-order valence-corrected chi connectivity index (χ3v) is 4.05. The van der Waals surface area contributed by atoms with Crippen LogP contribution in [0.4, 0.5) is 0 Å². The topological polar surface area (TPSA) is 38.0 Å². The van der Waals surface area contributed by atoms with Crippen molar-refractivity contribution >= 4 is 15.9 Å². The summed E-state index contributed by atoms with van der Waals surface area (Å²) >= 11 is 3.50. The van der Waals surface area contributed by atoms with Crippen molar-refractivity contribution in [2.24, 2.45) is 0 Å². The predicted molar refractivity (Wildman–Crippen MR) is 74.4 cm³/mol. The Hall–Kier alpha value is -1.13. The maximum Gasteiger partial charge on any atom is 0.141 e. The van der Waals surface area contributed by atoms with E-state index in [4.69, 9.17) is 0 Å². The molecule has 94 valence electrons. The number of halogens is 1. The summed E-state index contributed by atoms with van der Waals surface area (Å²) in [6.07, 6.45) is 1.24. The van der Waals surface area contributed by atoms with Gasteiger partial charge in [0.2, 0.25) is 0 Å². The van der Waals surface area contributed by atoms with Gasteiger partial charge in [0, 0.05) is 18.5 Å². The first-order chi connectivity index (χ1) is 8.65. The molecule has 0 spiro atoms. The number of aryl methyl sites for hydroxylation is 1. The number of fused-ring (bicyclic) bond motifs is 1. The molecule has 0 saturated carbocycles. The summed E-state index contributed by atoms with van der Waals surface area (Å²) in [4.78, 5) is 4.61. The van der Waals surface area contributed by atoms with Crippen molar-refractivity contribution in [2.75, 3.05) is 0 Å². The van der Waals surface area contributed by atoms with Gasteiger partial charge in [-0.3, -0.25) is 0 Å². The van der Waals surface area contributed by atoms with Crippen molar-refractivity contribution in [3.63, 3.8) is 0 Å². The van der Waals surface area contributed by atoms with Crippen LogP contribution in [-0.4, -0.2) is 20.8 Å². The molecule has 4 heteroatoms. The Bertz CT molecular complexity index is 591. The molecule has 1 N–H and O–H groups in total. The lowest BCUT2D eigenvalue weighted by Crippen LogP contribution is -2.23. The van der Waals surface area contributed by atoms with Gasteiger partial charge in [0.25, 0.3) is 0 Å². The second-order valence-corrected chi connectivity index (χ2v) is 5.59. The van der Waals surface area contributed by atoms with E-state index in [2.05, 4.69) is 56.7 Å². The molecule has 2 aromatic rings. The number of hydrogen-bond donors (Lipinski definition) is 1. The van der Waals surface area contributed by atoms with Crippen LogP contribution in [0.2, 0.25) is 0 Å². The number of imidazole rings is 1. The van der Waals surface area contributed by atoms with Gasteiger partial charge in [-0.25, -0.2) is 4.98 Å². The molecule has 1 aromatic carbocycles. The molecule has 1 aliphatic rings. The molecule has 3 rings (SSSR count). The van der Waals surface area contributed by atoms with Gasteiger partial charge in [0.05, 0.1) is 11.8 Å². The second kappa shape index (κ2) is 4.52. The fraction of sp³-hybridized carbons (Fsp3) is 0.357. The lowest BCUT2D eigenvalue weighted by Gasteiger charge is -2.21. The highest BCUT2D eigenvalue weighted by Gasteiger charge is 2.23. The lowest BCUT2D eigenvalue weighted by atomic mass is 10.1. The first-order valence-electron chi connectivity index (χ1n) is 6.15. The van der Waals surface area contributed by atoms with Gasteiger partial charge in [-0.2, -0.15) is 0 Å². The third kappa shape index (κ3) is 1.99. The Morgan fingerprint density at radius 3 is 3.06 bits per heavy atom. The molecule has 0 aliphatic carbocycles. The molecular weight excluding hydrogens is 292 g/mol. The number of rotatable bonds is 1. The number of nitrogens with zero attached hydrogens (tertiary/aromatic N) is 2. The van der Waals surface area contributed by atoms with Gasteiger partial charge in [0.1, 0.15) is 10.4 Å². The average Bonchev–Trinajstić information content (AvgIpc) is 2.67. The van der Waals surface area contributed by atoms with Gasteiger partial charge in [0.15, 0.2) is 0 Å². The van der Waals surface area contributed by atoms with E-state index in [1.54, 1.807) is 0 Å². The van der Waals surface area contributed by atoms with Gasteiger partial charge < -0.3 is 9.67 Å².